The van der Waals surface area contributed by atoms with Gasteiger partial charge in [0.2, 0.25) is 52.4 Å². The van der Waals surface area contributed by atoms with Gasteiger partial charge in [-0.3, -0.25) is 0 Å². The van der Waals surface area contributed by atoms with Gasteiger partial charge < -0.3 is 14.0 Å². The van der Waals surface area contributed by atoms with Crippen LogP contribution in [0.3, 0.4) is 0 Å². The second-order valence-electron chi connectivity index (χ2n) is 29.4. The third-order valence-electron chi connectivity index (χ3n) is 22.5. The Morgan fingerprint density at radius 1 is 0.158 bits per heavy atom. The minimum absolute atomic E-state index is 0.111. The number of allylic oxidation sites excluding steroid dienone is 6. The molecule has 0 spiro atoms. The third kappa shape index (κ3) is 14.4. The van der Waals surface area contributed by atoms with Crippen LogP contribution in [0.2, 0.25) is 0 Å². The molecule has 0 fully saturated rings. The van der Waals surface area contributed by atoms with Crippen molar-refractivity contribution < 1.29 is 212 Å². The first kappa shape index (κ1) is 99.4. The molecule has 0 N–H and O–H groups in total. The molecule has 6 unspecified atom stereocenters. The predicted molar refractivity (Wildman–Crippen MR) is 386 cm³/mol. The summed E-state index contributed by atoms with van der Waals surface area (Å²) in [6.45, 7) is 0. The van der Waals surface area contributed by atoms with Crippen LogP contribution in [0.5, 0.6) is 0 Å². The number of benzene rings is 12. The Balaban J connectivity index is 1.22. The van der Waals surface area contributed by atoms with E-state index in [1.54, 1.807) is 0 Å². The molecule has 12 aromatic carbocycles. The Morgan fingerprint density at radius 3 is 0.439 bits per heavy atom. The molecule has 3 aliphatic carbocycles. The molecule has 0 saturated heterocycles. The Hall–Kier alpha value is -14.1. The lowest BCUT2D eigenvalue weighted by atomic mass is 9.61. The quantitative estimate of drug-likeness (QED) is 0.0282. The van der Waals surface area contributed by atoms with Gasteiger partial charge in [0.15, 0.2) is 209 Å². The molecule has 49 heteroatoms. The highest BCUT2D eigenvalue weighted by Crippen LogP contribution is 2.63. The van der Waals surface area contributed by atoms with E-state index in [1.165, 1.54) is 0 Å². The lowest BCUT2D eigenvalue weighted by molar-refractivity contribution is 0.0760. The zero-order valence-electron chi connectivity index (χ0n) is 65.7. The van der Waals surface area contributed by atoms with E-state index in [9.17, 15) is 0 Å². The van der Waals surface area contributed by atoms with E-state index in [0.29, 0.717) is 54.6 Å². The van der Waals surface area contributed by atoms with Crippen LogP contribution in [0.15, 0.2) is 127 Å². The van der Waals surface area contributed by atoms with Crippen LogP contribution in [0.4, 0.5) is 198 Å². The highest BCUT2D eigenvalue weighted by atomic mass is 19.2. The van der Waals surface area contributed by atoms with E-state index in [0.717, 1.165) is 0 Å². The second-order valence-corrected chi connectivity index (χ2v) is 29.4. The maximum Gasteiger partial charge on any atom is 0.641 e. The molecule has 3 nitrogen and oxygen atoms in total. The first-order valence-corrected chi connectivity index (χ1v) is 37.4. The topological polar surface area (TPSA) is 27.7 Å². The average molecular weight is 2020 g/mol. The lowest BCUT2D eigenvalue weighted by Gasteiger charge is -2.44. The van der Waals surface area contributed by atoms with E-state index in [1.807, 2.05) is 0 Å². The SMILES string of the molecule is Fc1c(F)c(F)c(C2=C(c3c(F)c(F)c(F)c(F)c3F)C(c3ccccc3)(c3c(F)c(F)c(F)c(F)c3F)C=CC2OB(OC2C=CC(c3ccccc3)(c3c(F)c(F)c(F)c(F)c3F)C(c3c(F)c(F)c(F)c(F)c3F)=C2c2c(F)c(F)c(F)c(F)c2F)OC2C=CC(c3ccccc3)(c3c(F)c(F)c(F)c(F)c3F)C(c3c(F)c(F)c(F)c(F)c3F)=C2c2c(F)c(F)c(F)c(F)c2F)c(F)c1F. The van der Waals surface area contributed by atoms with Crippen molar-refractivity contribution >= 4 is 40.8 Å². The monoisotopic (exact) mass is 2020 g/mol. The predicted octanol–water partition coefficient (Wildman–Crippen LogP) is 26.9. The maximum absolute atomic E-state index is 18.0. The van der Waals surface area contributed by atoms with E-state index >= 15 is 198 Å². The molecule has 6 atom stereocenters. The van der Waals surface area contributed by atoms with Crippen LogP contribution in [0.25, 0.3) is 33.4 Å². The summed E-state index contributed by atoms with van der Waals surface area (Å²) in [4.78, 5) is 0. The lowest BCUT2D eigenvalue weighted by Crippen LogP contribution is -2.45. The molecule has 0 radical (unpaired) electrons. The zero-order chi connectivity index (χ0) is 102. The van der Waals surface area contributed by atoms with Gasteiger partial charge in [-0.1, -0.05) is 127 Å². The minimum atomic E-state index is -5.16. The van der Waals surface area contributed by atoms with Crippen molar-refractivity contribution in [2.24, 2.45) is 0 Å². The number of halogens is 45. The molecule has 15 rings (SSSR count). The van der Waals surface area contributed by atoms with Crippen molar-refractivity contribution in [3.8, 4) is 0 Å². The van der Waals surface area contributed by atoms with E-state index in [2.05, 4.69) is 0 Å². The Bertz CT molecular complexity index is 6610. The van der Waals surface area contributed by atoms with Crippen LogP contribution < -0.4 is 0 Å². The fourth-order valence-electron chi connectivity index (χ4n) is 16.6. The highest BCUT2D eigenvalue weighted by Gasteiger charge is 2.59. The van der Waals surface area contributed by atoms with Gasteiger partial charge in [-0.2, -0.15) is 0 Å². The van der Waals surface area contributed by atoms with Crippen molar-refractivity contribution in [2.75, 3.05) is 0 Å². The van der Waals surface area contributed by atoms with Crippen LogP contribution in [-0.4, -0.2) is 25.6 Å². The summed E-state index contributed by atoms with van der Waals surface area (Å²) in [6, 6.07) is 5.06. The third-order valence-corrected chi connectivity index (χ3v) is 22.5. The number of hydrogen-bond donors (Lipinski definition) is 0. The van der Waals surface area contributed by atoms with Gasteiger partial charge in [0.1, 0.15) is 0 Å². The number of rotatable bonds is 18. The Morgan fingerprint density at radius 2 is 0.288 bits per heavy atom. The maximum atomic E-state index is 18.0. The van der Waals surface area contributed by atoms with Crippen molar-refractivity contribution in [3.05, 3.63) is 456 Å². The molecule has 139 heavy (non-hydrogen) atoms. The fraction of sp³-hybridized carbons (Fsp3) is 0.0667. The fourth-order valence-corrected chi connectivity index (χ4v) is 16.6. The van der Waals surface area contributed by atoms with Gasteiger partial charge in [0, 0.05) is 33.4 Å². The zero-order valence-corrected chi connectivity index (χ0v) is 65.7. The van der Waals surface area contributed by atoms with Gasteiger partial charge in [-0.25, -0.2) is 198 Å². The standard InChI is InChI=1S/C90H24BF45O3/c92-43-31(44(93)62(111)79(128)61(43)110)28-25(16-19-88(22-10-4-1-5-11-22,40-55(104)73(122)85(134)74(123)56(40)105)37(28)34-49(98)67(116)82(131)68(117)50(34)99)137-91(138-26-17-20-89(23-12-6-2-7-13-23,41-57(106)75(124)86(135)76(125)58(41)107)38(35-51(100)69(118)83(132)70(119)52(35)101)29(26)32-45(94)63(112)80(129)64(113)46(32)95)139-27-18-21-90(24-14-8-3-9-15-24,42-59(108)77(126)87(136)78(127)60(42)109)39(36-53(102)71(120)84(133)72(121)54(36)103)30(27)33-47(96)65(114)81(130)66(115)48(33)97/h1-21,25-27H. The van der Waals surface area contributed by atoms with Gasteiger partial charge in [0.25, 0.3) is 0 Å². The molecular formula is C90H24BF45O3. The van der Waals surface area contributed by atoms with E-state index in [4.69, 9.17) is 14.0 Å². The van der Waals surface area contributed by atoms with Crippen LogP contribution >= 0.6 is 0 Å². The molecule has 0 amide bonds. The summed E-state index contributed by atoms with van der Waals surface area (Å²) >= 11 is 0. The molecule has 0 heterocycles. The summed E-state index contributed by atoms with van der Waals surface area (Å²) in [6.07, 6.45) is -17.7. The van der Waals surface area contributed by atoms with Gasteiger partial charge in [-0.15, -0.1) is 0 Å². The number of hydrogen-bond acceptors (Lipinski definition) is 3. The molecule has 12 aromatic rings. The average Bonchev–Trinajstić information content (AvgIpc) is 0.695. The van der Waals surface area contributed by atoms with Crippen LogP contribution in [0.1, 0.15) is 66.8 Å². The summed E-state index contributed by atoms with van der Waals surface area (Å²) < 4.78 is 777. The molecule has 0 bridgehead atoms. The summed E-state index contributed by atoms with van der Waals surface area (Å²) in [7, 11) is -5.16. The molecule has 3 aliphatic rings. The summed E-state index contributed by atoms with van der Waals surface area (Å²) in [5.74, 6) is -164. The molecular weight excluding hydrogens is 1990 g/mol. The minimum Gasteiger partial charge on any atom is -0.375 e. The van der Waals surface area contributed by atoms with Crippen molar-refractivity contribution in [3.63, 3.8) is 0 Å². The van der Waals surface area contributed by atoms with Crippen molar-refractivity contribution in [1.29, 1.82) is 0 Å². The molecule has 0 saturated carbocycles. The normalized spacial score (nSPS) is 18.3. The van der Waals surface area contributed by atoms with Crippen molar-refractivity contribution in [1.82, 2.24) is 0 Å². The largest absolute Gasteiger partial charge is 0.641 e. The molecule has 0 aliphatic heterocycles. The Labute approximate surface area is 740 Å². The molecule has 720 valence electrons. The van der Waals surface area contributed by atoms with Gasteiger partial charge in [0.05, 0.1) is 67.9 Å². The van der Waals surface area contributed by atoms with E-state index in [-0.39, 0.29) is 36.4 Å². The van der Waals surface area contributed by atoms with Crippen molar-refractivity contribution in [2.45, 2.75) is 34.6 Å². The first-order valence-electron chi connectivity index (χ1n) is 37.4. The van der Waals surface area contributed by atoms with Gasteiger partial charge >= 0.3 is 7.32 Å². The molecule has 0 aromatic heterocycles. The van der Waals surface area contributed by atoms with Crippen LogP contribution in [0, 0.1) is 262 Å². The second kappa shape index (κ2) is 35.7. The summed E-state index contributed by atoms with van der Waals surface area (Å²) in [5.41, 5.74) is -69.0. The van der Waals surface area contributed by atoms with Crippen LogP contribution in [-0.2, 0) is 30.2 Å². The smallest absolute Gasteiger partial charge is 0.375 e. The Kier molecular flexibility index (Phi) is 25.5. The van der Waals surface area contributed by atoms with Gasteiger partial charge in [-0.05, 0) is 33.4 Å². The first-order chi connectivity index (χ1) is 65.3. The summed E-state index contributed by atoms with van der Waals surface area (Å²) in [5, 5.41) is 0. The van der Waals surface area contributed by atoms with E-state index < -0.39 is 440 Å². The highest BCUT2D eigenvalue weighted by molar-refractivity contribution is 6.38.